The lowest BCUT2D eigenvalue weighted by Gasteiger charge is -2.29. The highest BCUT2D eigenvalue weighted by molar-refractivity contribution is 5.72. The van der Waals surface area contributed by atoms with E-state index in [0.717, 1.165) is 0 Å². The van der Waals surface area contributed by atoms with Crippen molar-refractivity contribution in [2.75, 3.05) is 13.2 Å². The van der Waals surface area contributed by atoms with Crippen LogP contribution in [0.1, 0.15) is 38.8 Å². The van der Waals surface area contributed by atoms with Gasteiger partial charge in [-0.25, -0.2) is 4.79 Å². The molecular formula is C17H25NO6. The molecule has 0 unspecified atom stereocenters. The summed E-state index contributed by atoms with van der Waals surface area (Å²) in [6.07, 6.45) is -0.750. The number of carbonyl (C=O) groups excluding carboxylic acids is 2. The monoisotopic (exact) mass is 339 g/mol. The Morgan fingerprint density at radius 1 is 1.17 bits per heavy atom. The summed E-state index contributed by atoms with van der Waals surface area (Å²) in [6, 6.07) is 6.26. The molecular weight excluding hydrogens is 314 g/mol. The second kappa shape index (κ2) is 8.12. The Morgan fingerprint density at radius 2 is 1.75 bits per heavy atom. The fraction of sp³-hybridized carbons (Fsp3) is 0.529. The zero-order valence-electron chi connectivity index (χ0n) is 14.5. The normalized spacial score (nSPS) is 13.8. The molecule has 24 heavy (non-hydrogen) atoms. The van der Waals surface area contributed by atoms with Crippen molar-refractivity contribution in [2.45, 2.75) is 45.4 Å². The van der Waals surface area contributed by atoms with Gasteiger partial charge in [0.15, 0.2) is 5.72 Å². The van der Waals surface area contributed by atoms with Crippen LogP contribution in [0.4, 0.5) is 4.79 Å². The van der Waals surface area contributed by atoms with Crippen LogP contribution in [-0.4, -0.2) is 41.1 Å². The van der Waals surface area contributed by atoms with Crippen molar-refractivity contribution in [2.24, 2.45) is 0 Å². The average molecular weight is 339 g/mol. The zero-order chi connectivity index (χ0) is 18.4. The summed E-state index contributed by atoms with van der Waals surface area (Å²) in [6.45, 7) is 6.37. The van der Waals surface area contributed by atoms with Gasteiger partial charge in [0.1, 0.15) is 5.60 Å². The predicted octanol–water partition coefficient (Wildman–Crippen LogP) is 1.45. The maximum absolute atomic E-state index is 11.8. The Morgan fingerprint density at radius 3 is 2.21 bits per heavy atom. The fourth-order valence-electron chi connectivity index (χ4n) is 1.95. The number of carbonyl (C=O) groups is 2. The Hall–Kier alpha value is -2.12. The van der Waals surface area contributed by atoms with Crippen LogP contribution in [-0.2, 0) is 26.4 Å². The van der Waals surface area contributed by atoms with Gasteiger partial charge in [0.05, 0.1) is 19.6 Å². The van der Waals surface area contributed by atoms with E-state index >= 15 is 0 Å². The van der Waals surface area contributed by atoms with Crippen molar-refractivity contribution >= 4 is 12.1 Å². The summed E-state index contributed by atoms with van der Waals surface area (Å²) >= 11 is 0. The smallest absolute Gasteiger partial charge is 0.410 e. The molecule has 0 radical (unpaired) electrons. The van der Waals surface area contributed by atoms with Crippen LogP contribution in [0.3, 0.4) is 0 Å². The predicted molar refractivity (Wildman–Crippen MR) is 87.1 cm³/mol. The third kappa shape index (κ3) is 6.17. The standard InChI is InChI=1S/C17H25NO6/c1-5-23-14(20)10-12-6-8-13(9-7-12)17(22,11-19)18-15(21)24-16(2,3)4/h6-9,19,22H,5,10-11H2,1-4H3,(H,18,21)/t17-/m1/s1. The molecule has 0 fully saturated rings. The number of alkyl carbamates (subject to hydrolysis) is 1. The number of amides is 1. The highest BCUT2D eigenvalue weighted by Gasteiger charge is 2.32. The van der Waals surface area contributed by atoms with Crippen LogP contribution in [0, 0.1) is 0 Å². The van der Waals surface area contributed by atoms with Crippen molar-refractivity contribution in [3.8, 4) is 0 Å². The molecule has 134 valence electrons. The highest BCUT2D eigenvalue weighted by atomic mass is 16.6. The molecule has 0 aliphatic rings. The fourth-order valence-corrected chi connectivity index (χ4v) is 1.95. The van der Waals surface area contributed by atoms with Gasteiger partial charge in [-0.1, -0.05) is 24.3 Å². The summed E-state index contributed by atoms with van der Waals surface area (Å²) in [5.41, 5.74) is -1.76. The van der Waals surface area contributed by atoms with Crippen molar-refractivity contribution in [3.63, 3.8) is 0 Å². The molecule has 3 N–H and O–H groups in total. The van der Waals surface area contributed by atoms with Crippen LogP contribution in [0.25, 0.3) is 0 Å². The molecule has 1 rings (SSSR count). The zero-order valence-corrected chi connectivity index (χ0v) is 14.5. The van der Waals surface area contributed by atoms with Gasteiger partial charge in [0.2, 0.25) is 0 Å². The SMILES string of the molecule is CCOC(=O)Cc1ccc([C@](O)(CO)NC(=O)OC(C)(C)C)cc1. The van der Waals surface area contributed by atoms with Gasteiger partial charge in [0, 0.05) is 5.56 Å². The van der Waals surface area contributed by atoms with E-state index < -0.39 is 24.0 Å². The summed E-state index contributed by atoms with van der Waals surface area (Å²) in [5.74, 6) is -0.352. The van der Waals surface area contributed by atoms with Crippen molar-refractivity contribution < 1.29 is 29.3 Å². The molecule has 0 spiro atoms. The first-order valence-electron chi connectivity index (χ1n) is 7.69. The van der Waals surface area contributed by atoms with Crippen LogP contribution >= 0.6 is 0 Å². The molecule has 0 aliphatic heterocycles. The number of esters is 1. The molecule has 1 amide bonds. The number of hydrogen-bond donors (Lipinski definition) is 3. The second-order valence-corrected chi connectivity index (χ2v) is 6.32. The summed E-state index contributed by atoms with van der Waals surface area (Å²) in [5, 5.41) is 22.2. The lowest BCUT2D eigenvalue weighted by molar-refractivity contribution is -0.142. The van der Waals surface area contributed by atoms with E-state index in [9.17, 15) is 19.8 Å². The van der Waals surface area contributed by atoms with Crippen LogP contribution in [0.15, 0.2) is 24.3 Å². The first-order valence-corrected chi connectivity index (χ1v) is 7.69. The van der Waals surface area contributed by atoms with Gasteiger partial charge >= 0.3 is 12.1 Å². The molecule has 7 nitrogen and oxygen atoms in total. The number of aliphatic hydroxyl groups excluding tert-OH is 1. The average Bonchev–Trinajstić information content (AvgIpc) is 2.45. The Labute approximate surface area is 141 Å². The van der Waals surface area contributed by atoms with Gasteiger partial charge in [-0.15, -0.1) is 0 Å². The minimum Gasteiger partial charge on any atom is -0.466 e. The molecule has 1 atom stereocenters. The van der Waals surface area contributed by atoms with Gasteiger partial charge in [-0.2, -0.15) is 0 Å². The number of benzene rings is 1. The molecule has 0 aliphatic carbocycles. The number of ether oxygens (including phenoxy) is 2. The largest absolute Gasteiger partial charge is 0.466 e. The van der Waals surface area contributed by atoms with Crippen molar-refractivity contribution in [1.29, 1.82) is 0 Å². The Kier molecular flexibility index (Phi) is 6.74. The lowest BCUT2D eigenvalue weighted by atomic mass is 10.0. The van der Waals surface area contributed by atoms with E-state index in [1.165, 1.54) is 12.1 Å². The van der Waals surface area contributed by atoms with E-state index in [-0.39, 0.29) is 18.0 Å². The maximum atomic E-state index is 11.8. The Balaban J connectivity index is 2.83. The van der Waals surface area contributed by atoms with Crippen LogP contribution < -0.4 is 5.32 Å². The summed E-state index contributed by atoms with van der Waals surface area (Å²) in [4.78, 5) is 23.3. The maximum Gasteiger partial charge on any atom is 0.410 e. The minimum absolute atomic E-state index is 0.102. The van der Waals surface area contributed by atoms with E-state index in [0.29, 0.717) is 12.2 Å². The minimum atomic E-state index is -1.98. The molecule has 1 aromatic rings. The van der Waals surface area contributed by atoms with Crippen LogP contribution in [0.5, 0.6) is 0 Å². The number of hydrogen-bond acceptors (Lipinski definition) is 6. The molecule has 1 aromatic carbocycles. The first kappa shape index (κ1) is 19.9. The van der Waals surface area contributed by atoms with E-state index in [4.69, 9.17) is 9.47 Å². The number of aliphatic hydroxyl groups is 2. The highest BCUT2D eigenvalue weighted by Crippen LogP contribution is 2.20. The number of nitrogens with one attached hydrogen (secondary N) is 1. The number of rotatable bonds is 6. The third-order valence-corrected chi connectivity index (χ3v) is 3.02. The summed E-state index contributed by atoms with van der Waals surface area (Å²) < 4.78 is 9.94. The molecule has 0 heterocycles. The van der Waals surface area contributed by atoms with Gasteiger partial charge in [-0.3, -0.25) is 10.1 Å². The summed E-state index contributed by atoms with van der Waals surface area (Å²) in [7, 11) is 0. The molecule has 0 saturated heterocycles. The van der Waals surface area contributed by atoms with E-state index in [2.05, 4.69) is 5.32 Å². The lowest BCUT2D eigenvalue weighted by Crippen LogP contribution is -2.50. The topological polar surface area (TPSA) is 105 Å². The first-order chi connectivity index (χ1) is 11.1. The van der Waals surface area contributed by atoms with Crippen molar-refractivity contribution in [3.05, 3.63) is 35.4 Å². The van der Waals surface area contributed by atoms with Gasteiger partial charge < -0.3 is 19.7 Å². The molecule has 0 bridgehead atoms. The molecule has 0 aromatic heterocycles. The second-order valence-electron chi connectivity index (χ2n) is 6.32. The van der Waals surface area contributed by atoms with Gasteiger partial charge in [-0.05, 0) is 33.3 Å². The third-order valence-electron chi connectivity index (χ3n) is 3.02. The van der Waals surface area contributed by atoms with Crippen LogP contribution in [0.2, 0.25) is 0 Å². The Bertz CT molecular complexity index is 563. The quantitative estimate of drug-likeness (QED) is 0.535. The van der Waals surface area contributed by atoms with Gasteiger partial charge in [0.25, 0.3) is 0 Å². The molecule has 7 heteroatoms. The molecule has 0 saturated carbocycles. The van der Waals surface area contributed by atoms with E-state index in [1.54, 1.807) is 39.8 Å². The van der Waals surface area contributed by atoms with Crippen molar-refractivity contribution in [1.82, 2.24) is 5.32 Å². The van der Waals surface area contributed by atoms with E-state index in [1.807, 2.05) is 0 Å².